The predicted octanol–water partition coefficient (Wildman–Crippen LogP) is 3.26. The molecular weight excluding hydrogens is 329 g/mol. The molecule has 0 radical (unpaired) electrons. The first-order valence-electron chi connectivity index (χ1n) is 8.14. The Balaban J connectivity index is 2.16. The zero-order valence-electron chi connectivity index (χ0n) is 14.1. The number of aliphatic hydroxyl groups is 1. The zero-order chi connectivity index (χ0) is 18.4. The number of para-hydroxylation sites is 1. The first-order valence-corrected chi connectivity index (χ1v) is 8.14. The molecule has 0 bridgehead atoms. The Morgan fingerprint density at radius 3 is 2.40 bits per heavy atom. The number of halogens is 3. The Bertz CT molecular complexity index is 774. The highest BCUT2D eigenvalue weighted by Crippen LogP contribution is 2.46. The highest BCUT2D eigenvalue weighted by Gasteiger charge is 2.42. The van der Waals surface area contributed by atoms with Crippen molar-refractivity contribution < 1.29 is 18.3 Å². The van der Waals surface area contributed by atoms with Gasteiger partial charge in [-0.15, -0.1) is 0 Å². The van der Waals surface area contributed by atoms with Gasteiger partial charge in [-0.2, -0.15) is 0 Å². The van der Waals surface area contributed by atoms with Crippen LogP contribution in [0.15, 0.2) is 36.4 Å². The third-order valence-electron chi connectivity index (χ3n) is 4.74. The molecule has 2 unspecified atom stereocenters. The average Bonchev–Trinajstić information content (AvgIpc) is 2.79. The van der Waals surface area contributed by atoms with E-state index in [9.17, 15) is 18.3 Å². The van der Waals surface area contributed by atoms with E-state index >= 15 is 0 Å². The molecule has 134 valence electrons. The molecule has 3 nitrogen and oxygen atoms in total. The molecule has 1 aliphatic rings. The van der Waals surface area contributed by atoms with E-state index in [0.717, 1.165) is 23.8 Å². The molecule has 0 saturated carbocycles. The van der Waals surface area contributed by atoms with Crippen molar-refractivity contribution in [1.29, 1.82) is 0 Å². The monoisotopic (exact) mass is 350 g/mol. The van der Waals surface area contributed by atoms with Crippen LogP contribution in [-0.4, -0.2) is 24.3 Å². The van der Waals surface area contributed by atoms with E-state index in [4.69, 9.17) is 5.73 Å². The summed E-state index contributed by atoms with van der Waals surface area (Å²) in [6.07, 6.45) is -1.11. The fourth-order valence-electron chi connectivity index (χ4n) is 3.67. The number of anilines is 1. The van der Waals surface area contributed by atoms with Crippen molar-refractivity contribution in [2.75, 3.05) is 18.0 Å². The first-order chi connectivity index (χ1) is 11.7. The molecule has 0 aromatic heterocycles. The summed E-state index contributed by atoms with van der Waals surface area (Å²) in [7, 11) is 0. The molecule has 0 spiro atoms. The van der Waals surface area contributed by atoms with Gasteiger partial charge in [-0.25, -0.2) is 13.2 Å². The summed E-state index contributed by atoms with van der Waals surface area (Å²) in [6.45, 7) is 4.19. The average molecular weight is 350 g/mol. The molecular formula is C19H21F3N2O. The van der Waals surface area contributed by atoms with Crippen molar-refractivity contribution in [2.24, 2.45) is 5.73 Å². The number of nitrogens with two attached hydrogens (primary N) is 1. The van der Waals surface area contributed by atoms with Crippen molar-refractivity contribution in [1.82, 2.24) is 0 Å². The summed E-state index contributed by atoms with van der Waals surface area (Å²) in [5.41, 5.74) is 6.60. The number of nitrogens with zero attached hydrogens (tertiary/aromatic N) is 1. The molecule has 2 aromatic carbocycles. The molecule has 0 aliphatic carbocycles. The number of hydrogen-bond acceptors (Lipinski definition) is 3. The number of rotatable bonds is 4. The third kappa shape index (κ3) is 3.12. The van der Waals surface area contributed by atoms with E-state index in [1.54, 1.807) is 11.0 Å². The summed E-state index contributed by atoms with van der Waals surface area (Å²) in [4.78, 5) is 1.66. The lowest BCUT2D eigenvalue weighted by Crippen LogP contribution is -2.41. The van der Waals surface area contributed by atoms with E-state index in [0.29, 0.717) is 12.2 Å². The highest BCUT2D eigenvalue weighted by molar-refractivity contribution is 5.64. The minimum Gasteiger partial charge on any atom is -0.389 e. The zero-order valence-corrected chi connectivity index (χ0v) is 14.1. The van der Waals surface area contributed by atoms with Gasteiger partial charge in [0.2, 0.25) is 0 Å². The Morgan fingerprint density at radius 2 is 1.80 bits per heavy atom. The van der Waals surface area contributed by atoms with Crippen molar-refractivity contribution in [2.45, 2.75) is 31.4 Å². The summed E-state index contributed by atoms with van der Waals surface area (Å²) in [5, 5.41) is 10.5. The predicted molar refractivity (Wildman–Crippen MR) is 90.9 cm³/mol. The number of hydrogen-bond donors (Lipinski definition) is 2. The maximum atomic E-state index is 14.6. The van der Waals surface area contributed by atoms with Gasteiger partial charge in [-0.05, 0) is 29.3 Å². The van der Waals surface area contributed by atoms with Gasteiger partial charge in [0.1, 0.15) is 17.5 Å². The standard InChI is InChI=1S/C19H21F3N2O/c1-19(2)10-24(18-14(19)4-3-5-15(18)22)17(16(25)9-23)11-6-12(20)8-13(21)7-11/h3-8,16-17,25H,9-10,23H2,1-2H3. The SMILES string of the molecule is CC1(C)CN(C(c2cc(F)cc(F)c2)C(O)CN)c2c(F)cccc21. The van der Waals surface area contributed by atoms with Crippen molar-refractivity contribution in [3.05, 3.63) is 65.0 Å². The fourth-order valence-corrected chi connectivity index (χ4v) is 3.67. The minimum atomic E-state index is -1.11. The van der Waals surface area contributed by atoms with Gasteiger partial charge in [0.05, 0.1) is 17.8 Å². The number of benzene rings is 2. The van der Waals surface area contributed by atoms with Gasteiger partial charge >= 0.3 is 0 Å². The van der Waals surface area contributed by atoms with E-state index in [1.165, 1.54) is 6.07 Å². The van der Waals surface area contributed by atoms with E-state index in [1.807, 2.05) is 19.9 Å². The molecule has 25 heavy (non-hydrogen) atoms. The Labute approximate surface area is 144 Å². The Kier molecular flexibility index (Phi) is 4.51. The van der Waals surface area contributed by atoms with Crippen LogP contribution in [-0.2, 0) is 5.41 Å². The van der Waals surface area contributed by atoms with E-state index in [2.05, 4.69) is 0 Å². The summed E-state index contributed by atoms with van der Waals surface area (Å²) in [6, 6.07) is 7.01. The number of aliphatic hydroxyl groups excluding tert-OH is 1. The second kappa shape index (κ2) is 6.35. The second-order valence-corrected chi connectivity index (χ2v) is 7.10. The van der Waals surface area contributed by atoms with Gasteiger partial charge < -0.3 is 15.7 Å². The van der Waals surface area contributed by atoms with Crippen LogP contribution in [0.4, 0.5) is 18.9 Å². The van der Waals surface area contributed by atoms with Crippen LogP contribution >= 0.6 is 0 Å². The van der Waals surface area contributed by atoms with Gasteiger partial charge in [0, 0.05) is 24.6 Å². The minimum absolute atomic E-state index is 0.122. The normalized spacial score (nSPS) is 18.1. The molecule has 0 amide bonds. The topological polar surface area (TPSA) is 49.5 Å². The van der Waals surface area contributed by atoms with Crippen LogP contribution in [0.2, 0.25) is 0 Å². The summed E-state index contributed by atoms with van der Waals surface area (Å²) < 4.78 is 42.0. The molecule has 1 heterocycles. The Hall–Kier alpha value is -2.05. The lowest BCUT2D eigenvalue weighted by molar-refractivity contribution is 0.147. The van der Waals surface area contributed by atoms with Crippen LogP contribution in [0.5, 0.6) is 0 Å². The largest absolute Gasteiger partial charge is 0.389 e. The lowest BCUT2D eigenvalue weighted by atomic mass is 9.87. The smallest absolute Gasteiger partial charge is 0.146 e. The van der Waals surface area contributed by atoms with Crippen molar-refractivity contribution in [3.63, 3.8) is 0 Å². The molecule has 0 fully saturated rings. The van der Waals surface area contributed by atoms with Crippen LogP contribution in [0.1, 0.15) is 31.0 Å². The van der Waals surface area contributed by atoms with Gasteiger partial charge in [0.25, 0.3) is 0 Å². The number of fused-ring (bicyclic) bond motifs is 1. The molecule has 2 atom stereocenters. The second-order valence-electron chi connectivity index (χ2n) is 7.10. The highest BCUT2D eigenvalue weighted by atomic mass is 19.1. The molecule has 6 heteroatoms. The van der Waals surface area contributed by atoms with Crippen molar-refractivity contribution >= 4 is 5.69 Å². The molecule has 3 rings (SSSR count). The lowest BCUT2D eigenvalue weighted by Gasteiger charge is -2.35. The summed E-state index contributed by atoms with van der Waals surface area (Å²) >= 11 is 0. The quantitative estimate of drug-likeness (QED) is 0.890. The summed E-state index contributed by atoms with van der Waals surface area (Å²) in [5.74, 6) is -1.94. The van der Waals surface area contributed by atoms with Crippen LogP contribution < -0.4 is 10.6 Å². The first kappa shape index (κ1) is 17.8. The fraction of sp³-hybridized carbons (Fsp3) is 0.368. The molecule has 1 aliphatic heterocycles. The van der Waals surface area contributed by atoms with Gasteiger partial charge in [-0.3, -0.25) is 0 Å². The Morgan fingerprint density at radius 1 is 1.16 bits per heavy atom. The third-order valence-corrected chi connectivity index (χ3v) is 4.74. The molecule has 2 aromatic rings. The van der Waals surface area contributed by atoms with Crippen LogP contribution in [0.3, 0.4) is 0 Å². The van der Waals surface area contributed by atoms with Gasteiger partial charge in [-0.1, -0.05) is 26.0 Å². The van der Waals surface area contributed by atoms with E-state index < -0.39 is 29.6 Å². The maximum Gasteiger partial charge on any atom is 0.146 e. The molecule has 3 N–H and O–H groups in total. The van der Waals surface area contributed by atoms with E-state index in [-0.39, 0.29) is 17.5 Å². The molecule has 0 saturated heterocycles. The van der Waals surface area contributed by atoms with Crippen molar-refractivity contribution in [3.8, 4) is 0 Å². The van der Waals surface area contributed by atoms with Gasteiger partial charge in [0.15, 0.2) is 0 Å². The van der Waals surface area contributed by atoms with Crippen LogP contribution in [0, 0.1) is 17.5 Å². The maximum absolute atomic E-state index is 14.6. The van der Waals surface area contributed by atoms with Crippen LogP contribution in [0.25, 0.3) is 0 Å².